The molecule has 2 aromatic heterocycles. The Morgan fingerprint density at radius 1 is 1.31 bits per heavy atom. The Morgan fingerprint density at radius 2 is 2.00 bits per heavy atom. The summed E-state index contributed by atoms with van der Waals surface area (Å²) < 4.78 is 2.71. The minimum atomic E-state index is 0.718. The first-order chi connectivity index (χ1) is 7.52. The number of nitrogen functional groups attached to an aromatic ring is 1. The molecule has 0 spiro atoms. The lowest BCUT2D eigenvalue weighted by Crippen LogP contribution is -2.04. The second kappa shape index (κ2) is 3.90. The zero-order valence-electron chi connectivity index (χ0n) is 9.45. The topological polar surface area (TPSA) is 56.7 Å². The lowest BCUT2D eigenvalue weighted by molar-refractivity contribution is 0.800. The molecule has 84 valence electrons. The summed E-state index contributed by atoms with van der Waals surface area (Å²) in [5.41, 5.74) is 9.48. The molecule has 0 aromatic carbocycles. The highest BCUT2D eigenvalue weighted by Crippen LogP contribution is 2.25. The largest absolute Gasteiger partial charge is 0.396 e. The van der Waals surface area contributed by atoms with Gasteiger partial charge < -0.3 is 5.73 Å². The molecule has 0 aliphatic heterocycles. The van der Waals surface area contributed by atoms with E-state index in [1.807, 2.05) is 26.8 Å². The Labute approximate surface area is 103 Å². The van der Waals surface area contributed by atoms with Crippen LogP contribution in [0.15, 0.2) is 16.7 Å². The second-order valence-electron chi connectivity index (χ2n) is 3.76. The minimum absolute atomic E-state index is 0.718. The fraction of sp³-hybridized carbons (Fsp3) is 0.273. The van der Waals surface area contributed by atoms with Crippen LogP contribution >= 0.6 is 15.9 Å². The number of nitrogens with two attached hydrogens (primary N) is 1. The van der Waals surface area contributed by atoms with Crippen LogP contribution < -0.4 is 5.73 Å². The highest BCUT2D eigenvalue weighted by molar-refractivity contribution is 9.10. The molecule has 0 aliphatic rings. The predicted octanol–water partition coefficient (Wildman–Crippen LogP) is 2.54. The summed E-state index contributed by atoms with van der Waals surface area (Å²) in [7, 11) is 0. The number of hydrogen-bond acceptors (Lipinski definition) is 3. The van der Waals surface area contributed by atoms with E-state index in [4.69, 9.17) is 5.73 Å². The number of rotatable bonds is 1. The molecule has 0 bridgehead atoms. The third-order valence-electron chi connectivity index (χ3n) is 2.61. The molecule has 0 aliphatic carbocycles. The normalized spacial score (nSPS) is 10.8. The molecule has 0 saturated carbocycles. The lowest BCUT2D eigenvalue weighted by Gasteiger charge is -2.07. The van der Waals surface area contributed by atoms with Gasteiger partial charge in [0.15, 0.2) is 5.82 Å². The molecule has 0 radical (unpaired) electrons. The van der Waals surface area contributed by atoms with Crippen molar-refractivity contribution in [2.75, 3.05) is 5.73 Å². The van der Waals surface area contributed by atoms with Gasteiger partial charge in [-0.3, -0.25) is 0 Å². The number of hydrogen-bond donors (Lipinski definition) is 1. The van der Waals surface area contributed by atoms with Crippen molar-refractivity contribution in [3.63, 3.8) is 0 Å². The fourth-order valence-electron chi connectivity index (χ4n) is 1.53. The van der Waals surface area contributed by atoms with Crippen LogP contribution in [-0.4, -0.2) is 14.8 Å². The molecule has 0 fully saturated rings. The van der Waals surface area contributed by atoms with Crippen LogP contribution in [-0.2, 0) is 0 Å². The average molecular weight is 281 g/mol. The maximum absolute atomic E-state index is 5.90. The van der Waals surface area contributed by atoms with E-state index in [0.717, 1.165) is 32.9 Å². The van der Waals surface area contributed by atoms with Crippen LogP contribution in [0.1, 0.15) is 17.0 Å². The summed E-state index contributed by atoms with van der Waals surface area (Å²) in [5, 5.41) is 4.38. The lowest BCUT2D eigenvalue weighted by atomic mass is 10.3. The van der Waals surface area contributed by atoms with Crippen LogP contribution in [0.25, 0.3) is 5.82 Å². The number of aromatic nitrogens is 3. The third-order valence-corrected chi connectivity index (χ3v) is 3.59. The Balaban J connectivity index is 2.68. The first-order valence-electron chi connectivity index (χ1n) is 4.95. The van der Waals surface area contributed by atoms with E-state index in [-0.39, 0.29) is 0 Å². The van der Waals surface area contributed by atoms with E-state index in [1.54, 1.807) is 10.9 Å². The van der Waals surface area contributed by atoms with Gasteiger partial charge in [-0.25, -0.2) is 9.67 Å². The average Bonchev–Trinajstić information content (AvgIpc) is 2.50. The molecule has 2 N–H and O–H groups in total. The third kappa shape index (κ3) is 1.61. The molecule has 0 amide bonds. The zero-order chi connectivity index (χ0) is 11.9. The smallest absolute Gasteiger partial charge is 0.168 e. The maximum atomic E-state index is 5.90. The summed E-state index contributed by atoms with van der Waals surface area (Å²) in [6.45, 7) is 5.85. The van der Waals surface area contributed by atoms with E-state index in [0.29, 0.717) is 0 Å². The van der Waals surface area contributed by atoms with Crippen molar-refractivity contribution in [3.05, 3.63) is 33.7 Å². The van der Waals surface area contributed by atoms with Gasteiger partial charge in [0, 0.05) is 6.20 Å². The monoisotopic (exact) mass is 280 g/mol. The predicted molar refractivity (Wildman–Crippen MR) is 67.7 cm³/mol. The molecule has 4 nitrogen and oxygen atoms in total. The van der Waals surface area contributed by atoms with E-state index in [2.05, 4.69) is 26.0 Å². The van der Waals surface area contributed by atoms with Gasteiger partial charge in [-0.2, -0.15) is 5.10 Å². The first-order valence-corrected chi connectivity index (χ1v) is 5.75. The Hall–Kier alpha value is -1.36. The van der Waals surface area contributed by atoms with Crippen LogP contribution in [0, 0.1) is 20.8 Å². The van der Waals surface area contributed by atoms with Crippen molar-refractivity contribution >= 4 is 21.6 Å². The van der Waals surface area contributed by atoms with Gasteiger partial charge in [-0.05, 0) is 48.3 Å². The standard InChI is InChI=1S/C11H13BrN4/c1-6-4-5-14-11(9(6)12)16-8(3)10(13)7(2)15-16/h4-5H,13H2,1-3H3. The van der Waals surface area contributed by atoms with Crippen molar-refractivity contribution < 1.29 is 0 Å². The molecular formula is C11H13BrN4. The van der Waals surface area contributed by atoms with Crippen LogP contribution in [0.3, 0.4) is 0 Å². The summed E-state index contributed by atoms with van der Waals surface area (Å²) in [6, 6.07) is 1.95. The number of halogens is 1. The maximum Gasteiger partial charge on any atom is 0.168 e. The van der Waals surface area contributed by atoms with E-state index < -0.39 is 0 Å². The molecule has 16 heavy (non-hydrogen) atoms. The van der Waals surface area contributed by atoms with Gasteiger partial charge >= 0.3 is 0 Å². The van der Waals surface area contributed by atoms with Crippen molar-refractivity contribution in [2.24, 2.45) is 0 Å². The molecule has 0 atom stereocenters. The highest BCUT2D eigenvalue weighted by atomic mass is 79.9. The summed E-state index contributed by atoms with van der Waals surface area (Å²) >= 11 is 3.52. The fourth-order valence-corrected chi connectivity index (χ4v) is 1.94. The van der Waals surface area contributed by atoms with Gasteiger partial charge in [0.2, 0.25) is 0 Å². The number of anilines is 1. The van der Waals surface area contributed by atoms with Gasteiger partial charge in [-0.15, -0.1) is 0 Å². The molecule has 5 heteroatoms. The van der Waals surface area contributed by atoms with E-state index in [1.165, 1.54) is 0 Å². The summed E-state index contributed by atoms with van der Waals surface area (Å²) in [5.74, 6) is 0.775. The Bertz CT molecular complexity index is 545. The Kier molecular flexibility index (Phi) is 2.71. The first kappa shape index (κ1) is 11.1. The SMILES string of the molecule is Cc1ccnc(-n2nc(C)c(N)c2C)c1Br. The number of pyridine rings is 1. The van der Waals surface area contributed by atoms with Crippen molar-refractivity contribution in [2.45, 2.75) is 20.8 Å². The Morgan fingerprint density at radius 3 is 2.56 bits per heavy atom. The minimum Gasteiger partial charge on any atom is -0.396 e. The van der Waals surface area contributed by atoms with Gasteiger partial charge in [-0.1, -0.05) is 0 Å². The summed E-state index contributed by atoms with van der Waals surface area (Å²) in [4.78, 5) is 4.32. The highest BCUT2D eigenvalue weighted by Gasteiger charge is 2.13. The molecule has 0 unspecified atom stereocenters. The molecule has 0 saturated heterocycles. The van der Waals surface area contributed by atoms with Crippen LogP contribution in [0.5, 0.6) is 0 Å². The quantitative estimate of drug-likeness (QED) is 0.873. The molecule has 2 aromatic rings. The molecule has 2 heterocycles. The van der Waals surface area contributed by atoms with Crippen molar-refractivity contribution in [1.29, 1.82) is 0 Å². The van der Waals surface area contributed by atoms with Gasteiger partial charge in [0.1, 0.15) is 0 Å². The van der Waals surface area contributed by atoms with Crippen LogP contribution in [0.2, 0.25) is 0 Å². The van der Waals surface area contributed by atoms with Crippen molar-refractivity contribution in [1.82, 2.24) is 14.8 Å². The van der Waals surface area contributed by atoms with Crippen LogP contribution in [0.4, 0.5) is 5.69 Å². The zero-order valence-corrected chi connectivity index (χ0v) is 11.0. The van der Waals surface area contributed by atoms with E-state index >= 15 is 0 Å². The van der Waals surface area contributed by atoms with Crippen molar-refractivity contribution in [3.8, 4) is 5.82 Å². The molecular weight excluding hydrogens is 268 g/mol. The van der Waals surface area contributed by atoms with Gasteiger partial charge in [0.25, 0.3) is 0 Å². The van der Waals surface area contributed by atoms with E-state index in [9.17, 15) is 0 Å². The molecule has 2 rings (SSSR count). The van der Waals surface area contributed by atoms with Gasteiger partial charge in [0.05, 0.1) is 21.5 Å². The number of nitrogens with zero attached hydrogens (tertiary/aromatic N) is 3. The summed E-state index contributed by atoms with van der Waals surface area (Å²) in [6.07, 6.45) is 1.77. The number of aryl methyl sites for hydroxylation is 2. The second-order valence-corrected chi connectivity index (χ2v) is 4.55.